The topological polar surface area (TPSA) is 78.8 Å². The summed E-state index contributed by atoms with van der Waals surface area (Å²) in [6.45, 7) is 6.32. The molecule has 0 saturated carbocycles. The lowest BCUT2D eigenvalue weighted by Gasteiger charge is -2.39. The second-order valence-electron chi connectivity index (χ2n) is 9.02. The van der Waals surface area contributed by atoms with Crippen LogP contribution in [0, 0.1) is 5.92 Å². The molecule has 2 aliphatic rings. The highest BCUT2D eigenvalue weighted by Crippen LogP contribution is 2.28. The molecule has 8 nitrogen and oxygen atoms in total. The third-order valence-corrected chi connectivity index (χ3v) is 8.88. The first kappa shape index (κ1) is 22.9. The smallest absolute Gasteiger partial charge is 0.243 e. The van der Waals surface area contributed by atoms with Crippen molar-refractivity contribution < 1.29 is 13.2 Å². The lowest BCUT2D eigenvalue weighted by atomic mass is 9.98. The van der Waals surface area contributed by atoms with E-state index in [9.17, 15) is 13.2 Å². The number of benzene rings is 1. The zero-order valence-corrected chi connectivity index (χ0v) is 20.3. The molecule has 1 aromatic carbocycles. The Balaban J connectivity index is 1.26. The van der Waals surface area contributed by atoms with E-state index in [2.05, 4.69) is 21.4 Å². The summed E-state index contributed by atoms with van der Waals surface area (Å²) in [7, 11) is -3.66. The number of anilines is 1. The second kappa shape index (κ2) is 9.38. The molecular formula is C25H31N5O3S. The maximum atomic E-state index is 13.4. The SMILES string of the molecule is CCn1ccc2cc(S(=O)(=O)N3CCC[C@@H](C(=O)N4CCN(c5ccccn5)CC4)C3)ccc21. The van der Waals surface area contributed by atoms with Crippen LogP contribution in [0.1, 0.15) is 19.8 Å². The van der Waals surface area contributed by atoms with Crippen molar-refractivity contribution in [2.75, 3.05) is 44.2 Å². The molecule has 2 fully saturated rings. The van der Waals surface area contributed by atoms with Crippen LogP contribution in [0.2, 0.25) is 0 Å². The number of fused-ring (bicyclic) bond motifs is 1. The van der Waals surface area contributed by atoms with E-state index in [1.54, 1.807) is 18.3 Å². The van der Waals surface area contributed by atoms with Crippen molar-refractivity contribution in [2.24, 2.45) is 5.92 Å². The Morgan fingerprint density at radius 2 is 1.88 bits per heavy atom. The van der Waals surface area contributed by atoms with Crippen LogP contribution in [0.3, 0.4) is 0 Å². The first-order valence-corrected chi connectivity index (χ1v) is 13.4. The fourth-order valence-electron chi connectivity index (χ4n) is 5.08. The fraction of sp³-hybridized carbons (Fsp3) is 0.440. The molecule has 2 saturated heterocycles. The lowest BCUT2D eigenvalue weighted by molar-refractivity contribution is -0.137. The molecule has 0 radical (unpaired) electrons. The van der Waals surface area contributed by atoms with E-state index < -0.39 is 10.0 Å². The number of pyridine rings is 1. The standard InChI is InChI=1S/C25H31N5O3S/c1-2-27-13-10-20-18-22(8-9-23(20)27)34(32,33)30-12-5-6-21(19-30)25(31)29-16-14-28(15-17-29)24-7-3-4-11-26-24/h3-4,7-11,13,18,21H,2,5-6,12,14-17,19H2,1H3/t21-/m1/s1. The Labute approximate surface area is 200 Å². The van der Waals surface area contributed by atoms with Crippen LogP contribution < -0.4 is 4.90 Å². The van der Waals surface area contributed by atoms with E-state index in [4.69, 9.17) is 0 Å². The van der Waals surface area contributed by atoms with Gasteiger partial charge in [-0.25, -0.2) is 13.4 Å². The summed E-state index contributed by atoms with van der Waals surface area (Å²) in [6.07, 6.45) is 5.17. The van der Waals surface area contributed by atoms with Crippen molar-refractivity contribution in [1.82, 2.24) is 18.8 Å². The molecule has 2 aliphatic heterocycles. The Hall–Kier alpha value is -2.91. The van der Waals surface area contributed by atoms with Gasteiger partial charge in [0.2, 0.25) is 15.9 Å². The van der Waals surface area contributed by atoms with Gasteiger partial charge in [-0.3, -0.25) is 4.79 Å². The number of hydrogen-bond donors (Lipinski definition) is 0. The number of aryl methyl sites for hydroxylation is 1. The van der Waals surface area contributed by atoms with Gasteiger partial charge in [0.25, 0.3) is 0 Å². The van der Waals surface area contributed by atoms with Crippen LogP contribution in [0.4, 0.5) is 5.82 Å². The molecule has 0 aliphatic carbocycles. The maximum absolute atomic E-state index is 13.4. The largest absolute Gasteiger partial charge is 0.353 e. The van der Waals surface area contributed by atoms with Crippen molar-refractivity contribution in [2.45, 2.75) is 31.2 Å². The predicted octanol–water partition coefficient (Wildman–Crippen LogP) is 2.81. The summed E-state index contributed by atoms with van der Waals surface area (Å²) >= 11 is 0. The Morgan fingerprint density at radius 3 is 2.62 bits per heavy atom. The van der Waals surface area contributed by atoms with Gasteiger partial charge in [0.05, 0.1) is 10.8 Å². The number of sulfonamides is 1. The first-order valence-electron chi connectivity index (χ1n) is 12.0. The highest BCUT2D eigenvalue weighted by atomic mass is 32.2. The molecule has 180 valence electrons. The zero-order chi connectivity index (χ0) is 23.7. The minimum absolute atomic E-state index is 0.0658. The van der Waals surface area contributed by atoms with Gasteiger partial charge in [0.15, 0.2) is 0 Å². The Morgan fingerprint density at radius 1 is 1.06 bits per heavy atom. The molecule has 0 spiro atoms. The van der Waals surface area contributed by atoms with Crippen molar-refractivity contribution >= 4 is 32.7 Å². The maximum Gasteiger partial charge on any atom is 0.243 e. The van der Waals surface area contributed by atoms with Gasteiger partial charge in [-0.05, 0) is 56.2 Å². The van der Waals surface area contributed by atoms with Gasteiger partial charge < -0.3 is 14.4 Å². The molecule has 3 aromatic rings. The summed E-state index contributed by atoms with van der Waals surface area (Å²) < 4.78 is 30.5. The van der Waals surface area contributed by atoms with Gasteiger partial charge in [0.1, 0.15) is 5.82 Å². The van der Waals surface area contributed by atoms with Crippen LogP contribution in [0.5, 0.6) is 0 Å². The number of piperidine rings is 1. The van der Waals surface area contributed by atoms with Gasteiger partial charge in [-0.1, -0.05) is 6.07 Å². The van der Waals surface area contributed by atoms with E-state index in [0.717, 1.165) is 42.8 Å². The minimum Gasteiger partial charge on any atom is -0.353 e. The van der Waals surface area contributed by atoms with Gasteiger partial charge in [-0.15, -0.1) is 0 Å². The van der Waals surface area contributed by atoms with Gasteiger partial charge in [0, 0.05) is 69.1 Å². The van der Waals surface area contributed by atoms with Crippen LogP contribution in [0.25, 0.3) is 10.9 Å². The molecule has 1 atom stereocenters. The summed E-state index contributed by atoms with van der Waals surface area (Å²) in [5.74, 6) is 0.696. The van der Waals surface area contributed by atoms with Crippen molar-refractivity contribution in [1.29, 1.82) is 0 Å². The molecule has 9 heteroatoms. The van der Waals surface area contributed by atoms with E-state index in [0.29, 0.717) is 31.0 Å². The molecule has 0 unspecified atom stereocenters. The highest BCUT2D eigenvalue weighted by molar-refractivity contribution is 7.89. The average Bonchev–Trinajstić information content (AvgIpc) is 3.31. The molecular weight excluding hydrogens is 450 g/mol. The van der Waals surface area contributed by atoms with Crippen LogP contribution in [-0.4, -0.2) is 72.3 Å². The zero-order valence-electron chi connectivity index (χ0n) is 19.5. The highest BCUT2D eigenvalue weighted by Gasteiger charge is 2.36. The molecule has 0 N–H and O–H groups in total. The molecule has 5 rings (SSSR count). The number of aromatic nitrogens is 2. The Kier molecular flexibility index (Phi) is 6.31. The third-order valence-electron chi connectivity index (χ3n) is 7.02. The Bertz CT molecular complexity index is 1270. The van der Waals surface area contributed by atoms with E-state index in [-0.39, 0.29) is 18.4 Å². The molecule has 1 amide bonds. The summed E-state index contributed by atoms with van der Waals surface area (Å²) in [4.78, 5) is 22.1. The number of rotatable bonds is 5. The number of amides is 1. The predicted molar refractivity (Wildman–Crippen MR) is 132 cm³/mol. The third kappa shape index (κ3) is 4.30. The van der Waals surface area contributed by atoms with Crippen LogP contribution in [0.15, 0.2) is 59.8 Å². The van der Waals surface area contributed by atoms with Crippen LogP contribution >= 0.6 is 0 Å². The summed E-state index contributed by atoms with van der Waals surface area (Å²) in [5.41, 5.74) is 1.03. The van der Waals surface area contributed by atoms with E-state index in [1.165, 1.54) is 4.31 Å². The van der Waals surface area contributed by atoms with Crippen molar-refractivity contribution in [3.8, 4) is 0 Å². The quantitative estimate of drug-likeness (QED) is 0.560. The molecule has 2 aromatic heterocycles. The van der Waals surface area contributed by atoms with Crippen LogP contribution in [-0.2, 0) is 21.4 Å². The number of carbonyl (C=O) groups is 1. The lowest BCUT2D eigenvalue weighted by Crippen LogP contribution is -2.53. The average molecular weight is 482 g/mol. The summed E-state index contributed by atoms with van der Waals surface area (Å²) in [6, 6.07) is 13.1. The second-order valence-corrected chi connectivity index (χ2v) is 11.0. The number of piperazine rings is 1. The monoisotopic (exact) mass is 481 g/mol. The van der Waals surface area contributed by atoms with Crippen molar-refractivity contribution in [3.63, 3.8) is 0 Å². The van der Waals surface area contributed by atoms with E-state index in [1.807, 2.05) is 41.4 Å². The number of nitrogens with zero attached hydrogens (tertiary/aromatic N) is 5. The number of hydrogen-bond acceptors (Lipinski definition) is 5. The molecule has 4 heterocycles. The molecule has 0 bridgehead atoms. The van der Waals surface area contributed by atoms with Gasteiger partial charge >= 0.3 is 0 Å². The van der Waals surface area contributed by atoms with Gasteiger partial charge in [-0.2, -0.15) is 4.31 Å². The fourth-order valence-corrected chi connectivity index (χ4v) is 6.64. The first-order chi connectivity index (χ1) is 16.5. The molecule has 34 heavy (non-hydrogen) atoms. The van der Waals surface area contributed by atoms with Crippen molar-refractivity contribution in [3.05, 3.63) is 54.9 Å². The summed E-state index contributed by atoms with van der Waals surface area (Å²) in [5, 5.41) is 0.915. The normalized spacial score (nSPS) is 20.1. The number of carbonyl (C=O) groups excluding carboxylic acids is 1. The minimum atomic E-state index is -3.66. The van der Waals surface area contributed by atoms with E-state index >= 15 is 0 Å².